The van der Waals surface area contributed by atoms with Crippen LogP contribution in [-0.4, -0.2) is 19.1 Å². The first kappa shape index (κ1) is 14.4. The maximum atomic E-state index is 5.45. The molecule has 3 nitrogen and oxygen atoms in total. The van der Waals surface area contributed by atoms with Gasteiger partial charge in [0.15, 0.2) is 0 Å². The Hall–Kier alpha value is -2.55. The molecule has 3 heteroatoms. The van der Waals surface area contributed by atoms with Gasteiger partial charge in [-0.2, -0.15) is 0 Å². The number of hydrogen-bond donors (Lipinski definition) is 0. The fourth-order valence-electron chi connectivity index (χ4n) is 2.75. The molecule has 0 saturated carbocycles. The lowest BCUT2D eigenvalue weighted by atomic mass is 10.1. The highest BCUT2D eigenvalue weighted by Crippen LogP contribution is 2.32. The van der Waals surface area contributed by atoms with Crippen molar-refractivity contribution in [2.24, 2.45) is 0 Å². The van der Waals surface area contributed by atoms with Crippen LogP contribution in [0.4, 0.5) is 5.69 Å². The molecule has 0 aliphatic heterocycles. The summed E-state index contributed by atoms with van der Waals surface area (Å²) in [5.74, 6) is 0.815. The Labute approximate surface area is 131 Å². The van der Waals surface area contributed by atoms with Gasteiger partial charge in [0, 0.05) is 30.4 Å². The molecule has 22 heavy (non-hydrogen) atoms. The molecule has 0 atom stereocenters. The van der Waals surface area contributed by atoms with Gasteiger partial charge in [0.1, 0.15) is 11.3 Å². The van der Waals surface area contributed by atoms with E-state index in [1.165, 1.54) is 11.3 Å². The van der Waals surface area contributed by atoms with E-state index in [0.29, 0.717) is 0 Å². The van der Waals surface area contributed by atoms with Crippen molar-refractivity contribution in [2.45, 2.75) is 13.5 Å². The molecule has 0 unspecified atom stereocenters. The van der Waals surface area contributed by atoms with E-state index in [4.69, 9.17) is 4.74 Å². The standard InChI is InChI=1S/C19H20N2O/c1-14-12-17(21(2)13-15-8-5-4-6-9-15)16-10-7-11-18(22-3)19(16)20-14/h4-12H,13H2,1-3H3. The van der Waals surface area contributed by atoms with E-state index < -0.39 is 0 Å². The highest BCUT2D eigenvalue weighted by atomic mass is 16.5. The molecule has 0 fully saturated rings. The summed E-state index contributed by atoms with van der Waals surface area (Å²) in [7, 11) is 3.80. The summed E-state index contributed by atoms with van der Waals surface area (Å²) in [6, 6.07) is 18.7. The zero-order chi connectivity index (χ0) is 15.5. The number of aromatic nitrogens is 1. The molecule has 0 aliphatic rings. The summed E-state index contributed by atoms with van der Waals surface area (Å²) in [6.45, 7) is 2.88. The lowest BCUT2D eigenvalue weighted by Crippen LogP contribution is -2.17. The quantitative estimate of drug-likeness (QED) is 0.721. The summed E-state index contributed by atoms with van der Waals surface area (Å²) < 4.78 is 5.45. The third-order valence-electron chi connectivity index (χ3n) is 3.80. The molecule has 0 spiro atoms. The number of hydrogen-bond acceptors (Lipinski definition) is 3. The number of pyridine rings is 1. The predicted octanol–water partition coefficient (Wildman–Crippen LogP) is 4.19. The van der Waals surface area contributed by atoms with Gasteiger partial charge >= 0.3 is 0 Å². The second-order valence-electron chi connectivity index (χ2n) is 5.48. The number of anilines is 1. The van der Waals surface area contributed by atoms with E-state index in [1.807, 2.05) is 25.1 Å². The van der Waals surface area contributed by atoms with Gasteiger partial charge in [-0.3, -0.25) is 0 Å². The first-order valence-electron chi connectivity index (χ1n) is 7.38. The fraction of sp³-hybridized carbons (Fsp3) is 0.211. The molecule has 0 radical (unpaired) electrons. The van der Waals surface area contributed by atoms with E-state index in [9.17, 15) is 0 Å². The van der Waals surface area contributed by atoms with Crippen LogP contribution < -0.4 is 9.64 Å². The molecule has 0 aliphatic carbocycles. The number of methoxy groups -OCH3 is 1. The number of nitrogens with zero attached hydrogens (tertiary/aromatic N) is 2. The minimum Gasteiger partial charge on any atom is -0.494 e. The van der Waals surface area contributed by atoms with Crippen LogP contribution >= 0.6 is 0 Å². The number of ether oxygens (including phenoxy) is 1. The molecular weight excluding hydrogens is 272 g/mol. The molecule has 0 N–H and O–H groups in total. The topological polar surface area (TPSA) is 25.4 Å². The lowest BCUT2D eigenvalue weighted by molar-refractivity contribution is 0.419. The number of fused-ring (bicyclic) bond motifs is 1. The molecule has 0 saturated heterocycles. The highest BCUT2D eigenvalue weighted by Gasteiger charge is 2.12. The summed E-state index contributed by atoms with van der Waals surface area (Å²) >= 11 is 0. The van der Waals surface area contributed by atoms with E-state index >= 15 is 0 Å². The van der Waals surface area contributed by atoms with Crippen molar-refractivity contribution in [1.82, 2.24) is 4.98 Å². The van der Waals surface area contributed by atoms with E-state index in [1.54, 1.807) is 7.11 Å². The maximum Gasteiger partial charge on any atom is 0.145 e. The molecule has 3 rings (SSSR count). The number of benzene rings is 2. The summed E-state index contributed by atoms with van der Waals surface area (Å²) in [5, 5.41) is 1.11. The Bertz CT molecular complexity index is 784. The average molecular weight is 292 g/mol. The van der Waals surface area contributed by atoms with Gasteiger partial charge in [0.2, 0.25) is 0 Å². The van der Waals surface area contributed by atoms with Crippen molar-refractivity contribution < 1.29 is 4.74 Å². The first-order chi connectivity index (χ1) is 10.7. The number of rotatable bonds is 4. The van der Waals surface area contributed by atoms with Gasteiger partial charge in [-0.25, -0.2) is 4.98 Å². The zero-order valence-electron chi connectivity index (χ0n) is 13.2. The highest BCUT2D eigenvalue weighted by molar-refractivity contribution is 5.95. The second-order valence-corrected chi connectivity index (χ2v) is 5.48. The van der Waals surface area contributed by atoms with Crippen LogP contribution in [-0.2, 0) is 6.54 Å². The minimum absolute atomic E-state index is 0.815. The van der Waals surface area contributed by atoms with Gasteiger partial charge in [-0.1, -0.05) is 42.5 Å². The van der Waals surface area contributed by atoms with Crippen molar-refractivity contribution in [1.29, 1.82) is 0 Å². The second kappa shape index (κ2) is 6.06. The van der Waals surface area contributed by atoms with Crippen LogP contribution in [0.5, 0.6) is 5.75 Å². The van der Waals surface area contributed by atoms with E-state index in [0.717, 1.165) is 28.9 Å². The largest absolute Gasteiger partial charge is 0.494 e. The van der Waals surface area contributed by atoms with Crippen molar-refractivity contribution >= 4 is 16.6 Å². The summed E-state index contributed by atoms with van der Waals surface area (Å²) in [5.41, 5.74) is 4.37. The van der Waals surface area contributed by atoms with Crippen molar-refractivity contribution in [3.8, 4) is 5.75 Å². The molecule has 3 aromatic rings. The summed E-state index contributed by atoms with van der Waals surface area (Å²) in [4.78, 5) is 6.90. The van der Waals surface area contributed by atoms with E-state index in [-0.39, 0.29) is 0 Å². The fourth-order valence-corrected chi connectivity index (χ4v) is 2.75. The molecular formula is C19H20N2O. The van der Waals surface area contributed by atoms with Crippen LogP contribution in [0, 0.1) is 6.92 Å². The normalized spacial score (nSPS) is 10.7. The Morgan fingerprint density at radius 1 is 1.05 bits per heavy atom. The van der Waals surface area contributed by atoms with Gasteiger partial charge in [-0.15, -0.1) is 0 Å². The zero-order valence-corrected chi connectivity index (χ0v) is 13.2. The summed E-state index contributed by atoms with van der Waals surface area (Å²) in [6.07, 6.45) is 0. The van der Waals surface area contributed by atoms with Gasteiger partial charge in [0.25, 0.3) is 0 Å². The van der Waals surface area contributed by atoms with E-state index in [2.05, 4.69) is 53.3 Å². The van der Waals surface area contributed by atoms with Crippen LogP contribution in [0.1, 0.15) is 11.3 Å². The maximum absolute atomic E-state index is 5.45. The first-order valence-corrected chi connectivity index (χ1v) is 7.38. The Morgan fingerprint density at radius 3 is 2.55 bits per heavy atom. The molecule has 1 heterocycles. The minimum atomic E-state index is 0.815. The Balaban J connectivity index is 2.06. The molecule has 0 amide bonds. The van der Waals surface area contributed by atoms with Gasteiger partial charge < -0.3 is 9.64 Å². The predicted molar refractivity (Wildman–Crippen MR) is 91.6 cm³/mol. The van der Waals surface area contributed by atoms with Crippen LogP contribution in [0.2, 0.25) is 0 Å². The Kier molecular flexibility index (Phi) is 3.96. The smallest absolute Gasteiger partial charge is 0.145 e. The molecule has 112 valence electrons. The van der Waals surface area contributed by atoms with Crippen LogP contribution in [0.25, 0.3) is 10.9 Å². The van der Waals surface area contributed by atoms with Crippen molar-refractivity contribution in [3.63, 3.8) is 0 Å². The average Bonchev–Trinajstić information content (AvgIpc) is 2.54. The van der Waals surface area contributed by atoms with Crippen LogP contribution in [0.15, 0.2) is 54.6 Å². The van der Waals surface area contributed by atoms with Crippen molar-refractivity contribution in [3.05, 3.63) is 65.9 Å². The lowest BCUT2D eigenvalue weighted by Gasteiger charge is -2.22. The third-order valence-corrected chi connectivity index (χ3v) is 3.80. The number of aryl methyl sites for hydroxylation is 1. The monoisotopic (exact) mass is 292 g/mol. The molecule has 0 bridgehead atoms. The number of para-hydroxylation sites is 1. The third kappa shape index (κ3) is 2.75. The van der Waals surface area contributed by atoms with Gasteiger partial charge in [0.05, 0.1) is 7.11 Å². The van der Waals surface area contributed by atoms with Crippen LogP contribution in [0.3, 0.4) is 0 Å². The molecule has 1 aromatic heterocycles. The van der Waals surface area contributed by atoms with Crippen molar-refractivity contribution in [2.75, 3.05) is 19.1 Å². The molecule has 2 aromatic carbocycles. The Morgan fingerprint density at radius 2 is 1.82 bits per heavy atom. The van der Waals surface area contributed by atoms with Gasteiger partial charge in [-0.05, 0) is 24.6 Å². The SMILES string of the molecule is COc1cccc2c(N(C)Cc3ccccc3)cc(C)nc12.